The Kier molecular flexibility index (Phi) is 7.91. The van der Waals surface area contributed by atoms with Crippen molar-refractivity contribution in [2.24, 2.45) is 0 Å². The molecule has 1 atom stereocenters. The minimum absolute atomic E-state index is 0.0633. The molecule has 1 unspecified atom stereocenters. The van der Waals surface area contributed by atoms with Gasteiger partial charge in [-0.05, 0) is 53.2 Å². The van der Waals surface area contributed by atoms with E-state index in [1.807, 2.05) is 0 Å². The Morgan fingerprint density at radius 1 is 0.963 bits per heavy atom. The molecule has 3 rings (SSSR count). The van der Waals surface area contributed by atoms with E-state index in [0.29, 0.717) is 5.75 Å². The molecular formula is C23H32Cl2OZr. The molecule has 2 aliphatic carbocycles. The van der Waals surface area contributed by atoms with E-state index in [9.17, 15) is 5.11 Å². The number of aromatic hydroxyl groups is 1. The summed E-state index contributed by atoms with van der Waals surface area (Å²) in [4.78, 5) is 0. The Balaban J connectivity index is 0.000000817. The van der Waals surface area contributed by atoms with Gasteiger partial charge in [0.1, 0.15) is 5.75 Å². The van der Waals surface area contributed by atoms with Gasteiger partial charge in [-0.2, -0.15) is 0 Å². The molecule has 0 fully saturated rings. The van der Waals surface area contributed by atoms with Crippen LogP contribution in [-0.4, -0.2) is 5.11 Å². The zero-order chi connectivity index (χ0) is 20.4. The summed E-state index contributed by atoms with van der Waals surface area (Å²) in [5, 5.41) is 11.1. The normalized spacial score (nSPS) is 19.5. The van der Waals surface area contributed by atoms with Crippen molar-refractivity contribution < 1.29 is 26.0 Å². The van der Waals surface area contributed by atoms with Gasteiger partial charge in [0.15, 0.2) is 0 Å². The molecule has 0 saturated carbocycles. The summed E-state index contributed by atoms with van der Waals surface area (Å²) < 4.78 is 0. The van der Waals surface area contributed by atoms with E-state index < -0.39 is 20.8 Å². The second kappa shape index (κ2) is 9.19. The average molecular weight is 487 g/mol. The zero-order valence-corrected chi connectivity index (χ0v) is 21.4. The van der Waals surface area contributed by atoms with Crippen LogP contribution in [0.5, 0.6) is 5.75 Å². The third-order valence-electron chi connectivity index (χ3n) is 5.57. The van der Waals surface area contributed by atoms with Crippen molar-refractivity contribution >= 4 is 17.0 Å². The van der Waals surface area contributed by atoms with Crippen molar-refractivity contribution in [1.29, 1.82) is 0 Å². The molecule has 1 N–H and O–H groups in total. The summed E-state index contributed by atoms with van der Waals surface area (Å²) in [5.41, 5.74) is 6.57. The van der Waals surface area contributed by atoms with E-state index in [0.717, 1.165) is 11.1 Å². The van der Waals surface area contributed by atoms with E-state index in [1.54, 1.807) is 5.57 Å². The van der Waals surface area contributed by atoms with Crippen LogP contribution in [0.15, 0.2) is 35.4 Å². The quantitative estimate of drug-likeness (QED) is 0.428. The first kappa shape index (κ1) is 23.2. The van der Waals surface area contributed by atoms with E-state index >= 15 is 0 Å². The molecule has 0 radical (unpaired) electrons. The van der Waals surface area contributed by atoms with Crippen molar-refractivity contribution in [2.45, 2.75) is 84.0 Å². The Hall–Kier alpha value is -0.0369. The number of hydrogen-bond acceptors (Lipinski definition) is 1. The number of phenols is 1. The Morgan fingerprint density at radius 3 is 2.11 bits per heavy atom. The topological polar surface area (TPSA) is 20.2 Å². The zero-order valence-electron chi connectivity index (χ0n) is 17.4. The van der Waals surface area contributed by atoms with Crippen LogP contribution in [0.2, 0.25) is 0 Å². The Bertz CT molecular complexity index is 736. The van der Waals surface area contributed by atoms with Gasteiger partial charge in [0.25, 0.3) is 0 Å². The molecular weight excluding hydrogens is 454 g/mol. The minimum atomic E-state index is -0.826. The summed E-state index contributed by atoms with van der Waals surface area (Å²) in [6.45, 7) is 13.3. The number of benzene rings is 1. The summed E-state index contributed by atoms with van der Waals surface area (Å²) in [6, 6.07) is 4.47. The molecule has 1 aromatic carbocycles. The van der Waals surface area contributed by atoms with Gasteiger partial charge >= 0.3 is 37.9 Å². The van der Waals surface area contributed by atoms with Crippen molar-refractivity contribution in [3.63, 3.8) is 0 Å². The van der Waals surface area contributed by atoms with E-state index in [1.165, 1.54) is 36.8 Å². The van der Waals surface area contributed by atoms with Crippen molar-refractivity contribution in [3.8, 4) is 5.75 Å². The van der Waals surface area contributed by atoms with E-state index in [-0.39, 0.29) is 16.7 Å². The summed E-state index contributed by atoms with van der Waals surface area (Å²) >= 11 is -0.826. The number of halogens is 2. The van der Waals surface area contributed by atoms with Crippen molar-refractivity contribution in [2.75, 3.05) is 0 Å². The predicted octanol–water partition coefficient (Wildman–Crippen LogP) is 7.89. The van der Waals surface area contributed by atoms with Gasteiger partial charge in [-0.3, -0.25) is 0 Å². The van der Waals surface area contributed by atoms with Gasteiger partial charge in [-0.15, -0.1) is 0 Å². The van der Waals surface area contributed by atoms with Gasteiger partial charge in [0.2, 0.25) is 0 Å². The molecule has 1 aromatic rings. The second-order valence-corrected chi connectivity index (χ2v) is 13.4. The van der Waals surface area contributed by atoms with Gasteiger partial charge in [-0.25, -0.2) is 0 Å². The fourth-order valence-electron chi connectivity index (χ4n) is 4.02. The molecule has 1 nitrogen and oxygen atoms in total. The molecule has 27 heavy (non-hydrogen) atoms. The van der Waals surface area contributed by atoms with Crippen LogP contribution in [-0.2, 0) is 31.7 Å². The number of allylic oxidation sites excluding steroid dienone is 4. The fourth-order valence-corrected chi connectivity index (χ4v) is 4.02. The van der Waals surface area contributed by atoms with Gasteiger partial charge in [0.05, 0.1) is 0 Å². The molecule has 148 valence electrons. The van der Waals surface area contributed by atoms with Gasteiger partial charge < -0.3 is 5.11 Å². The maximum absolute atomic E-state index is 11.1. The summed E-state index contributed by atoms with van der Waals surface area (Å²) in [6.07, 6.45) is 9.58. The van der Waals surface area contributed by atoms with Gasteiger partial charge in [-0.1, -0.05) is 71.4 Å². The van der Waals surface area contributed by atoms with Crippen LogP contribution >= 0.6 is 17.0 Å². The standard InChI is InChI=1S/C23H32O.2ClH.Zr/c1-22(2,3)16-13-19(21(24)20(14-16)23(4,5)6)18-12-11-15-9-7-8-10-17(15)18;;;/h11-14,18,24H,7-10H2,1-6H3;2*1H;/q;;;+2/p-2. The number of hydrogen-bond donors (Lipinski definition) is 1. The third-order valence-corrected chi connectivity index (χ3v) is 5.57. The fraction of sp³-hybridized carbons (Fsp3) is 0.565. The maximum atomic E-state index is 11.1. The molecule has 0 bridgehead atoms. The monoisotopic (exact) mass is 484 g/mol. The molecule has 0 amide bonds. The van der Waals surface area contributed by atoms with E-state index in [2.05, 4.69) is 65.8 Å². The van der Waals surface area contributed by atoms with E-state index in [4.69, 9.17) is 17.0 Å². The molecule has 0 heterocycles. The first-order valence-corrected chi connectivity index (χ1v) is 16.1. The second-order valence-electron chi connectivity index (χ2n) is 9.63. The summed E-state index contributed by atoms with van der Waals surface area (Å²) in [5.74, 6) is 0.771. The number of rotatable bonds is 1. The molecule has 4 heteroatoms. The predicted molar refractivity (Wildman–Crippen MR) is 115 cm³/mol. The molecule has 0 saturated heterocycles. The first-order chi connectivity index (χ1) is 12.5. The van der Waals surface area contributed by atoms with Crippen LogP contribution in [0.25, 0.3) is 0 Å². The molecule has 0 aliphatic heterocycles. The van der Waals surface area contributed by atoms with Crippen molar-refractivity contribution in [3.05, 3.63) is 52.1 Å². The van der Waals surface area contributed by atoms with Crippen LogP contribution in [0.1, 0.15) is 89.8 Å². The summed E-state index contributed by atoms with van der Waals surface area (Å²) in [7, 11) is 9.87. The average Bonchev–Trinajstić information content (AvgIpc) is 2.97. The Morgan fingerprint density at radius 2 is 1.56 bits per heavy atom. The van der Waals surface area contributed by atoms with Crippen LogP contribution in [0.3, 0.4) is 0 Å². The van der Waals surface area contributed by atoms with Crippen LogP contribution in [0, 0.1) is 0 Å². The Labute approximate surface area is 183 Å². The molecule has 0 spiro atoms. The van der Waals surface area contributed by atoms with Gasteiger partial charge in [0, 0.05) is 11.5 Å². The number of phenolic OH excluding ortho intramolecular Hbond substituents is 1. The van der Waals surface area contributed by atoms with Crippen LogP contribution in [0.4, 0.5) is 0 Å². The molecule has 2 aliphatic rings. The molecule has 0 aromatic heterocycles. The third kappa shape index (κ3) is 5.52. The van der Waals surface area contributed by atoms with Crippen molar-refractivity contribution in [1.82, 2.24) is 0 Å². The van der Waals surface area contributed by atoms with Crippen LogP contribution < -0.4 is 0 Å². The first-order valence-electron chi connectivity index (χ1n) is 9.75. The SMILES string of the molecule is CC(C)(C)c1cc(C2C=CC3=C2CCCC3)c(O)c(C(C)(C)C)c1.[Cl][Zr][Cl].